The standard InChI is InChI=1S/C20H14ClF3N4OS/c1-25-18-16(30-19(29)26-18)8-11-5-6-15-13(7-11)10-28(27-15)9-12-3-2-4-14(21)17(12)20(22,23)24/h2-8,10H,9H2,1H3,(H,25,26,29)/b16-8-. The molecule has 154 valence electrons. The Morgan fingerprint density at radius 1 is 1.30 bits per heavy atom. The van der Waals surface area contributed by atoms with E-state index in [1.165, 1.54) is 22.9 Å². The fourth-order valence-electron chi connectivity index (χ4n) is 3.21. The van der Waals surface area contributed by atoms with E-state index in [9.17, 15) is 18.0 Å². The van der Waals surface area contributed by atoms with Gasteiger partial charge in [-0.25, -0.2) is 0 Å². The molecule has 1 saturated heterocycles. The molecule has 1 fully saturated rings. The number of fused-ring (bicyclic) bond motifs is 1. The second-order valence-corrected chi connectivity index (χ2v) is 7.93. The highest BCUT2D eigenvalue weighted by molar-refractivity contribution is 8.18. The van der Waals surface area contributed by atoms with Gasteiger partial charge in [-0.1, -0.05) is 29.8 Å². The van der Waals surface area contributed by atoms with Gasteiger partial charge in [0.1, 0.15) is 5.84 Å². The fourth-order valence-corrected chi connectivity index (χ4v) is 4.29. The molecule has 1 N–H and O–H groups in total. The van der Waals surface area contributed by atoms with Gasteiger partial charge < -0.3 is 5.32 Å². The molecule has 1 aliphatic rings. The normalized spacial score (nSPS) is 17.3. The summed E-state index contributed by atoms with van der Waals surface area (Å²) in [6, 6.07) is 9.56. The molecule has 5 nitrogen and oxygen atoms in total. The van der Waals surface area contributed by atoms with Crippen LogP contribution in [0.1, 0.15) is 16.7 Å². The summed E-state index contributed by atoms with van der Waals surface area (Å²) in [5, 5.41) is 7.25. The maximum atomic E-state index is 13.4. The molecule has 4 rings (SSSR count). The highest BCUT2D eigenvalue weighted by Gasteiger charge is 2.35. The predicted octanol–water partition coefficient (Wildman–Crippen LogP) is 5.58. The highest BCUT2D eigenvalue weighted by atomic mass is 35.5. The Balaban J connectivity index is 1.66. The average molecular weight is 451 g/mol. The van der Waals surface area contributed by atoms with Gasteiger partial charge in [0.25, 0.3) is 5.24 Å². The van der Waals surface area contributed by atoms with Crippen LogP contribution < -0.4 is 5.32 Å². The lowest BCUT2D eigenvalue weighted by molar-refractivity contribution is -0.138. The molecule has 0 unspecified atom stereocenters. The first-order valence-electron chi connectivity index (χ1n) is 8.74. The molecular weight excluding hydrogens is 437 g/mol. The summed E-state index contributed by atoms with van der Waals surface area (Å²) in [7, 11) is 1.59. The van der Waals surface area contributed by atoms with E-state index >= 15 is 0 Å². The Morgan fingerprint density at radius 3 is 2.83 bits per heavy atom. The molecule has 2 aromatic carbocycles. The number of carbonyl (C=O) groups is 1. The second kappa shape index (κ2) is 7.81. The zero-order chi connectivity index (χ0) is 21.5. The zero-order valence-electron chi connectivity index (χ0n) is 15.5. The van der Waals surface area contributed by atoms with Crippen LogP contribution in [0, 0.1) is 0 Å². The first-order chi connectivity index (χ1) is 14.2. The van der Waals surface area contributed by atoms with Gasteiger partial charge in [0.15, 0.2) is 0 Å². The number of alkyl halides is 3. The number of rotatable bonds is 3. The Labute approximate surface area is 178 Å². The van der Waals surface area contributed by atoms with Crippen LogP contribution >= 0.6 is 23.4 Å². The molecule has 10 heteroatoms. The maximum Gasteiger partial charge on any atom is 0.418 e. The largest absolute Gasteiger partial charge is 0.418 e. The minimum atomic E-state index is -4.55. The lowest BCUT2D eigenvalue weighted by atomic mass is 10.1. The lowest BCUT2D eigenvalue weighted by Crippen LogP contribution is -2.18. The van der Waals surface area contributed by atoms with Crippen LogP contribution in [-0.4, -0.2) is 27.9 Å². The number of thioether (sulfide) groups is 1. The molecule has 2 heterocycles. The minimum absolute atomic E-state index is 0.0425. The number of aromatic nitrogens is 2. The van der Waals surface area contributed by atoms with Gasteiger partial charge in [-0.2, -0.15) is 18.3 Å². The van der Waals surface area contributed by atoms with Gasteiger partial charge in [0.05, 0.1) is 27.6 Å². The van der Waals surface area contributed by atoms with Gasteiger partial charge in [-0.05, 0) is 47.2 Å². The van der Waals surface area contributed by atoms with Crippen molar-refractivity contribution in [3.05, 3.63) is 69.2 Å². The maximum absolute atomic E-state index is 13.4. The third kappa shape index (κ3) is 4.08. The summed E-state index contributed by atoms with van der Waals surface area (Å²) in [6.45, 7) is -0.0680. The van der Waals surface area contributed by atoms with Crippen LogP contribution in [0.3, 0.4) is 0 Å². The monoisotopic (exact) mass is 450 g/mol. The molecule has 0 atom stereocenters. The molecule has 0 aliphatic carbocycles. The Hall–Kier alpha value is -2.78. The first kappa shape index (κ1) is 20.5. The second-order valence-electron chi connectivity index (χ2n) is 6.51. The van der Waals surface area contributed by atoms with E-state index in [4.69, 9.17) is 11.6 Å². The third-order valence-corrected chi connectivity index (χ3v) is 5.60. The van der Waals surface area contributed by atoms with E-state index in [-0.39, 0.29) is 22.4 Å². The van der Waals surface area contributed by atoms with Crippen LogP contribution in [0.2, 0.25) is 5.02 Å². The molecule has 0 saturated carbocycles. The van der Waals surface area contributed by atoms with E-state index < -0.39 is 11.7 Å². The highest BCUT2D eigenvalue weighted by Crippen LogP contribution is 2.37. The third-order valence-electron chi connectivity index (χ3n) is 4.47. The topological polar surface area (TPSA) is 59.3 Å². The van der Waals surface area contributed by atoms with Crippen molar-refractivity contribution in [2.75, 3.05) is 7.05 Å². The number of amidine groups is 1. The number of amides is 1. The average Bonchev–Trinajstić information content (AvgIpc) is 3.22. The van der Waals surface area contributed by atoms with Crippen LogP contribution in [-0.2, 0) is 12.7 Å². The Bertz CT molecular complexity index is 1220. The number of nitrogens with zero attached hydrogens (tertiary/aromatic N) is 3. The van der Waals surface area contributed by atoms with Crippen molar-refractivity contribution in [2.24, 2.45) is 4.99 Å². The number of hydrogen-bond donors (Lipinski definition) is 1. The van der Waals surface area contributed by atoms with E-state index in [1.54, 1.807) is 19.3 Å². The number of aliphatic imine (C=N–C) groups is 1. The van der Waals surface area contributed by atoms with Gasteiger partial charge in [-0.3, -0.25) is 14.5 Å². The van der Waals surface area contributed by atoms with Crippen molar-refractivity contribution in [2.45, 2.75) is 12.7 Å². The minimum Gasteiger partial charge on any atom is -0.300 e. The van der Waals surface area contributed by atoms with Crippen molar-refractivity contribution < 1.29 is 18.0 Å². The van der Waals surface area contributed by atoms with Crippen LogP contribution in [0.5, 0.6) is 0 Å². The van der Waals surface area contributed by atoms with Crippen LogP contribution in [0.15, 0.2) is 52.5 Å². The van der Waals surface area contributed by atoms with Gasteiger partial charge >= 0.3 is 6.18 Å². The summed E-state index contributed by atoms with van der Waals surface area (Å²) in [5.74, 6) is 0.501. The van der Waals surface area contributed by atoms with Gasteiger partial charge in [0, 0.05) is 18.6 Å². The number of hydrogen-bond acceptors (Lipinski definition) is 4. The number of halogens is 4. The molecule has 30 heavy (non-hydrogen) atoms. The number of nitrogens with one attached hydrogen (secondary N) is 1. The summed E-state index contributed by atoms with van der Waals surface area (Å²) >= 11 is 6.85. The van der Waals surface area contributed by atoms with Gasteiger partial charge in [0.2, 0.25) is 0 Å². The molecule has 0 radical (unpaired) electrons. The zero-order valence-corrected chi connectivity index (χ0v) is 17.1. The van der Waals surface area contributed by atoms with Gasteiger partial charge in [-0.15, -0.1) is 0 Å². The van der Waals surface area contributed by atoms with E-state index in [0.29, 0.717) is 16.3 Å². The van der Waals surface area contributed by atoms with Crippen LogP contribution in [0.4, 0.5) is 18.0 Å². The molecule has 1 aliphatic heterocycles. The first-order valence-corrected chi connectivity index (χ1v) is 9.93. The number of carbonyl (C=O) groups excluding carboxylic acids is 1. The summed E-state index contributed by atoms with van der Waals surface area (Å²) in [4.78, 5) is 16.3. The lowest BCUT2D eigenvalue weighted by Gasteiger charge is -2.14. The Morgan fingerprint density at radius 2 is 2.10 bits per heavy atom. The summed E-state index contributed by atoms with van der Waals surface area (Å²) < 4.78 is 41.6. The summed E-state index contributed by atoms with van der Waals surface area (Å²) in [5.41, 5.74) is 0.658. The van der Waals surface area contributed by atoms with Crippen molar-refractivity contribution in [3.8, 4) is 0 Å². The van der Waals surface area contributed by atoms with E-state index in [2.05, 4.69) is 15.4 Å². The van der Waals surface area contributed by atoms with E-state index in [0.717, 1.165) is 22.7 Å². The Kier molecular flexibility index (Phi) is 5.33. The van der Waals surface area contributed by atoms with E-state index in [1.807, 2.05) is 18.2 Å². The molecule has 0 spiro atoms. The summed E-state index contributed by atoms with van der Waals surface area (Å²) in [6.07, 6.45) is -1.05. The van der Waals surface area contributed by atoms with Crippen molar-refractivity contribution in [1.29, 1.82) is 0 Å². The van der Waals surface area contributed by atoms with Crippen molar-refractivity contribution in [1.82, 2.24) is 15.1 Å². The molecule has 0 bridgehead atoms. The molecular formula is C20H14ClF3N4OS. The number of benzene rings is 2. The fraction of sp³-hybridized carbons (Fsp3) is 0.150. The predicted molar refractivity (Wildman–Crippen MR) is 113 cm³/mol. The van der Waals surface area contributed by atoms with Crippen LogP contribution in [0.25, 0.3) is 17.0 Å². The molecule has 1 amide bonds. The van der Waals surface area contributed by atoms with Crippen molar-refractivity contribution >= 4 is 51.4 Å². The quantitative estimate of drug-likeness (QED) is 0.566. The molecule has 1 aromatic heterocycles. The van der Waals surface area contributed by atoms with Crippen molar-refractivity contribution in [3.63, 3.8) is 0 Å². The SMILES string of the molecule is CN=C1NC(=O)S/C1=C\c1ccc2nn(Cc3cccc(Cl)c3C(F)(F)F)cc2c1. The molecule has 3 aromatic rings. The smallest absolute Gasteiger partial charge is 0.300 e.